The number of carbonyl (C=O) groups is 1. The maximum Gasteiger partial charge on any atom is 0.251 e. The van der Waals surface area contributed by atoms with Gasteiger partial charge in [0.05, 0.1) is 17.6 Å². The predicted octanol–water partition coefficient (Wildman–Crippen LogP) is 3.40. The molecule has 0 unspecified atom stereocenters. The average Bonchev–Trinajstić information content (AvgIpc) is 3.11. The van der Waals surface area contributed by atoms with Crippen molar-refractivity contribution in [1.29, 1.82) is 5.41 Å². The number of carbonyl (C=O) groups excluding carboxylic acids is 1. The van der Waals surface area contributed by atoms with Crippen molar-refractivity contribution < 1.29 is 4.79 Å². The highest BCUT2D eigenvalue weighted by Gasteiger charge is 2.12. The number of nitrogens with zero attached hydrogens (tertiary/aromatic N) is 2. The van der Waals surface area contributed by atoms with E-state index in [1.165, 1.54) is 0 Å². The smallest absolute Gasteiger partial charge is 0.251 e. The molecule has 0 bridgehead atoms. The summed E-state index contributed by atoms with van der Waals surface area (Å²) in [5.74, 6) is 0.777. The molecule has 7 heteroatoms. The number of nitrogen functional groups attached to an aromatic ring is 1. The summed E-state index contributed by atoms with van der Waals surface area (Å²) in [6.45, 7) is 1.01. The second-order valence-electron chi connectivity index (χ2n) is 7.30. The molecule has 0 spiro atoms. The van der Waals surface area contributed by atoms with E-state index < -0.39 is 0 Å². The van der Waals surface area contributed by atoms with Crippen LogP contribution in [0.3, 0.4) is 0 Å². The maximum absolute atomic E-state index is 12.6. The SMILES string of the molecule is Cn1c(CNc2ccc(C(=N)N)cc2)nc2cc(C(=O)NCc3ccccc3)ccc21. The van der Waals surface area contributed by atoms with E-state index in [4.69, 9.17) is 16.1 Å². The zero-order valence-corrected chi connectivity index (χ0v) is 17.2. The van der Waals surface area contributed by atoms with Gasteiger partial charge in [0.2, 0.25) is 0 Å². The summed E-state index contributed by atoms with van der Waals surface area (Å²) in [6, 6.07) is 22.8. The number of nitrogens with one attached hydrogen (secondary N) is 3. The standard InChI is InChI=1S/C24H24N6O/c1-30-21-12-9-18(24(31)28-14-16-5-3-2-4-6-16)13-20(21)29-22(30)15-27-19-10-7-17(8-11-19)23(25)26/h2-13,27H,14-15H2,1H3,(H3,25,26)(H,28,31). The van der Waals surface area contributed by atoms with Gasteiger partial charge in [0.25, 0.3) is 5.91 Å². The number of aromatic nitrogens is 2. The summed E-state index contributed by atoms with van der Waals surface area (Å²) in [7, 11) is 1.96. The van der Waals surface area contributed by atoms with Crippen LogP contribution in [0.15, 0.2) is 72.8 Å². The highest BCUT2D eigenvalue weighted by atomic mass is 16.1. The lowest BCUT2D eigenvalue weighted by Gasteiger charge is -2.07. The molecule has 7 nitrogen and oxygen atoms in total. The van der Waals surface area contributed by atoms with Crippen molar-refractivity contribution in [1.82, 2.24) is 14.9 Å². The molecule has 0 aliphatic carbocycles. The van der Waals surface area contributed by atoms with Gasteiger partial charge in [0.15, 0.2) is 0 Å². The van der Waals surface area contributed by atoms with Gasteiger partial charge in [-0.25, -0.2) is 4.98 Å². The minimum atomic E-state index is -0.123. The Morgan fingerprint density at radius 2 is 1.71 bits per heavy atom. The number of nitrogens with two attached hydrogens (primary N) is 1. The van der Waals surface area contributed by atoms with Crippen LogP contribution in [0.5, 0.6) is 0 Å². The first-order valence-corrected chi connectivity index (χ1v) is 9.97. The van der Waals surface area contributed by atoms with Crippen molar-refractivity contribution in [3.8, 4) is 0 Å². The molecule has 4 rings (SSSR count). The molecule has 1 heterocycles. The molecule has 5 N–H and O–H groups in total. The number of hydrogen-bond donors (Lipinski definition) is 4. The third-order valence-electron chi connectivity index (χ3n) is 5.18. The summed E-state index contributed by atoms with van der Waals surface area (Å²) in [6.07, 6.45) is 0. The molecule has 1 aromatic heterocycles. The van der Waals surface area contributed by atoms with Gasteiger partial charge in [-0.3, -0.25) is 10.2 Å². The van der Waals surface area contributed by atoms with Crippen LogP contribution in [0, 0.1) is 5.41 Å². The van der Waals surface area contributed by atoms with E-state index in [2.05, 4.69) is 10.6 Å². The third-order valence-corrected chi connectivity index (χ3v) is 5.18. The first kappa shape index (κ1) is 20.2. The fourth-order valence-electron chi connectivity index (χ4n) is 3.38. The Morgan fingerprint density at radius 3 is 2.42 bits per heavy atom. The molecule has 3 aromatic carbocycles. The predicted molar refractivity (Wildman–Crippen MR) is 123 cm³/mol. The summed E-state index contributed by atoms with van der Waals surface area (Å²) in [5, 5.41) is 13.7. The first-order chi connectivity index (χ1) is 15.0. The van der Waals surface area contributed by atoms with Gasteiger partial charge in [-0.15, -0.1) is 0 Å². The highest BCUT2D eigenvalue weighted by Crippen LogP contribution is 2.18. The number of fused-ring (bicyclic) bond motifs is 1. The fraction of sp³-hybridized carbons (Fsp3) is 0.125. The molecule has 0 fully saturated rings. The van der Waals surface area contributed by atoms with Crippen molar-refractivity contribution in [2.75, 3.05) is 5.32 Å². The van der Waals surface area contributed by atoms with Gasteiger partial charge in [-0.05, 0) is 48.0 Å². The zero-order chi connectivity index (χ0) is 21.8. The molecule has 0 saturated heterocycles. The Hall–Kier alpha value is -4.13. The van der Waals surface area contributed by atoms with E-state index in [0.717, 1.165) is 28.1 Å². The quantitative estimate of drug-likeness (QED) is 0.275. The van der Waals surface area contributed by atoms with Crippen molar-refractivity contribution >= 4 is 28.5 Å². The van der Waals surface area contributed by atoms with Gasteiger partial charge in [0, 0.05) is 30.4 Å². The second kappa shape index (κ2) is 8.71. The molecule has 156 valence electrons. The lowest BCUT2D eigenvalue weighted by atomic mass is 10.1. The van der Waals surface area contributed by atoms with E-state index in [9.17, 15) is 4.79 Å². The Kier molecular flexibility index (Phi) is 5.66. The number of amides is 1. The van der Waals surface area contributed by atoms with E-state index >= 15 is 0 Å². The maximum atomic E-state index is 12.6. The molecule has 0 atom stereocenters. The number of amidine groups is 1. The van der Waals surface area contributed by atoms with Gasteiger partial charge in [-0.1, -0.05) is 30.3 Å². The van der Waals surface area contributed by atoms with Crippen molar-refractivity contribution in [2.24, 2.45) is 12.8 Å². The van der Waals surface area contributed by atoms with Gasteiger partial charge in [0.1, 0.15) is 11.7 Å². The van der Waals surface area contributed by atoms with E-state index in [1.54, 1.807) is 12.1 Å². The molecular weight excluding hydrogens is 388 g/mol. The molecule has 0 saturated carbocycles. The van der Waals surface area contributed by atoms with Crippen LogP contribution in [0.2, 0.25) is 0 Å². The lowest BCUT2D eigenvalue weighted by molar-refractivity contribution is 0.0951. The lowest BCUT2D eigenvalue weighted by Crippen LogP contribution is -2.22. The minimum Gasteiger partial charge on any atom is -0.384 e. The Bertz CT molecular complexity index is 1230. The number of benzene rings is 3. The summed E-state index contributed by atoms with van der Waals surface area (Å²) < 4.78 is 2.01. The summed E-state index contributed by atoms with van der Waals surface area (Å²) in [5.41, 5.74) is 10.5. The van der Waals surface area contributed by atoms with Gasteiger partial charge in [-0.2, -0.15) is 0 Å². The molecule has 0 aliphatic heterocycles. The first-order valence-electron chi connectivity index (χ1n) is 9.97. The number of imidazole rings is 1. The topological polar surface area (TPSA) is 109 Å². The van der Waals surface area contributed by atoms with Crippen LogP contribution in [-0.4, -0.2) is 21.3 Å². The van der Waals surface area contributed by atoms with Crippen molar-refractivity contribution in [3.63, 3.8) is 0 Å². The second-order valence-corrected chi connectivity index (χ2v) is 7.30. The molecule has 0 radical (unpaired) electrons. The largest absolute Gasteiger partial charge is 0.384 e. The zero-order valence-electron chi connectivity index (χ0n) is 17.2. The van der Waals surface area contributed by atoms with Crippen molar-refractivity contribution in [3.05, 3.63) is 95.3 Å². The van der Waals surface area contributed by atoms with Crippen LogP contribution in [0.4, 0.5) is 5.69 Å². The monoisotopic (exact) mass is 412 g/mol. The normalized spacial score (nSPS) is 10.7. The van der Waals surface area contributed by atoms with Crippen molar-refractivity contribution in [2.45, 2.75) is 13.1 Å². The van der Waals surface area contributed by atoms with Crippen LogP contribution >= 0.6 is 0 Å². The summed E-state index contributed by atoms with van der Waals surface area (Å²) in [4.78, 5) is 17.3. The Morgan fingerprint density at radius 1 is 1.00 bits per heavy atom. The van der Waals surface area contributed by atoms with Gasteiger partial charge < -0.3 is 20.9 Å². The third kappa shape index (κ3) is 4.56. The van der Waals surface area contributed by atoms with Gasteiger partial charge >= 0.3 is 0 Å². The van der Waals surface area contributed by atoms with E-state index in [-0.39, 0.29) is 11.7 Å². The Balaban J connectivity index is 1.45. The van der Waals surface area contributed by atoms with E-state index in [0.29, 0.717) is 24.2 Å². The number of anilines is 1. The van der Waals surface area contributed by atoms with E-state index in [1.807, 2.05) is 72.3 Å². The molecule has 4 aromatic rings. The minimum absolute atomic E-state index is 0.0468. The number of rotatable bonds is 7. The number of hydrogen-bond acceptors (Lipinski definition) is 4. The average molecular weight is 412 g/mol. The highest BCUT2D eigenvalue weighted by molar-refractivity contribution is 5.97. The molecular formula is C24H24N6O. The number of aryl methyl sites for hydroxylation is 1. The molecule has 31 heavy (non-hydrogen) atoms. The molecule has 0 aliphatic rings. The van der Waals surface area contributed by atoms with Crippen LogP contribution in [0.25, 0.3) is 11.0 Å². The Labute approximate surface area is 180 Å². The van der Waals surface area contributed by atoms with Crippen LogP contribution in [-0.2, 0) is 20.1 Å². The summed E-state index contributed by atoms with van der Waals surface area (Å²) >= 11 is 0. The van der Waals surface area contributed by atoms with Crippen LogP contribution < -0.4 is 16.4 Å². The molecule has 1 amide bonds. The van der Waals surface area contributed by atoms with Crippen LogP contribution in [0.1, 0.15) is 27.3 Å². The fourth-order valence-corrected chi connectivity index (χ4v) is 3.38.